The predicted molar refractivity (Wildman–Crippen MR) is 69.0 cm³/mol. The Hall–Kier alpha value is -1.11. The van der Waals surface area contributed by atoms with Gasteiger partial charge in [0, 0.05) is 19.1 Å². The Bertz CT molecular complexity index is 512. The van der Waals surface area contributed by atoms with E-state index in [0.717, 1.165) is 12.8 Å². The smallest absolute Gasteiger partial charge is 0.247 e. The quantitative estimate of drug-likeness (QED) is 0.830. The summed E-state index contributed by atoms with van der Waals surface area (Å²) in [6, 6.07) is 6.77. The second kappa shape index (κ2) is 5.26. The first-order chi connectivity index (χ1) is 8.61. The van der Waals surface area contributed by atoms with Gasteiger partial charge in [0.25, 0.3) is 0 Å². The summed E-state index contributed by atoms with van der Waals surface area (Å²) < 4.78 is 31.8. The number of methoxy groups -OCH3 is 1. The molecule has 6 heteroatoms. The Morgan fingerprint density at radius 2 is 2.06 bits per heavy atom. The van der Waals surface area contributed by atoms with Gasteiger partial charge >= 0.3 is 0 Å². The van der Waals surface area contributed by atoms with Crippen molar-refractivity contribution in [2.24, 2.45) is 5.73 Å². The number of nitrogens with two attached hydrogens (primary N) is 1. The van der Waals surface area contributed by atoms with Crippen molar-refractivity contribution in [2.45, 2.75) is 23.8 Å². The second-order valence-electron chi connectivity index (χ2n) is 4.29. The highest BCUT2D eigenvalue weighted by Crippen LogP contribution is 2.34. The van der Waals surface area contributed by atoms with Gasteiger partial charge in [-0.25, -0.2) is 8.42 Å². The van der Waals surface area contributed by atoms with Crippen LogP contribution < -0.4 is 10.5 Å². The Balaban J connectivity index is 2.39. The molecule has 1 aliphatic rings. The van der Waals surface area contributed by atoms with Gasteiger partial charge in [0.1, 0.15) is 10.6 Å². The number of rotatable bonds is 6. The maximum atomic E-state index is 12.6. The van der Waals surface area contributed by atoms with Crippen LogP contribution in [0.4, 0.5) is 0 Å². The molecule has 1 aromatic carbocycles. The van der Waals surface area contributed by atoms with E-state index in [2.05, 4.69) is 0 Å². The zero-order chi connectivity index (χ0) is 13.2. The molecule has 0 atom stereocenters. The number of ether oxygens (including phenoxy) is 1. The van der Waals surface area contributed by atoms with Crippen molar-refractivity contribution in [1.82, 2.24) is 4.31 Å². The summed E-state index contributed by atoms with van der Waals surface area (Å²) in [4.78, 5) is 0.216. The molecule has 0 aromatic heterocycles. The maximum absolute atomic E-state index is 12.6. The van der Waals surface area contributed by atoms with Crippen molar-refractivity contribution in [3.63, 3.8) is 0 Å². The molecule has 1 saturated carbocycles. The number of para-hydroxylation sites is 1. The fourth-order valence-corrected chi connectivity index (χ4v) is 3.80. The van der Waals surface area contributed by atoms with Gasteiger partial charge < -0.3 is 10.5 Å². The Morgan fingerprint density at radius 1 is 1.39 bits per heavy atom. The lowest BCUT2D eigenvalue weighted by molar-refractivity contribution is 0.387. The summed E-state index contributed by atoms with van der Waals surface area (Å²) in [7, 11) is -2.04. The van der Waals surface area contributed by atoms with E-state index in [4.69, 9.17) is 10.5 Å². The zero-order valence-corrected chi connectivity index (χ0v) is 11.2. The Kier molecular flexibility index (Phi) is 3.89. The lowest BCUT2D eigenvalue weighted by atomic mass is 10.3. The summed E-state index contributed by atoms with van der Waals surface area (Å²) in [6.07, 6.45) is 1.82. The van der Waals surface area contributed by atoms with Gasteiger partial charge in [-0.3, -0.25) is 0 Å². The standard InChI is InChI=1S/C12H18N2O3S/c1-17-11-4-2-3-5-12(11)18(15,16)14(9-8-13)10-6-7-10/h2-5,10H,6-9,13H2,1H3. The van der Waals surface area contributed by atoms with E-state index >= 15 is 0 Å². The first-order valence-electron chi connectivity index (χ1n) is 5.96. The number of nitrogens with zero attached hydrogens (tertiary/aromatic N) is 1. The minimum Gasteiger partial charge on any atom is -0.495 e. The van der Waals surface area contributed by atoms with E-state index in [1.54, 1.807) is 24.3 Å². The van der Waals surface area contributed by atoms with Crippen LogP contribution in [0.5, 0.6) is 5.75 Å². The molecule has 2 rings (SSSR count). The summed E-state index contributed by atoms with van der Waals surface area (Å²) in [6.45, 7) is 0.677. The average molecular weight is 270 g/mol. The fourth-order valence-electron chi connectivity index (χ4n) is 1.95. The van der Waals surface area contributed by atoms with Crippen LogP contribution in [0.1, 0.15) is 12.8 Å². The zero-order valence-electron chi connectivity index (χ0n) is 10.4. The highest BCUT2D eigenvalue weighted by atomic mass is 32.2. The summed E-state index contributed by atoms with van der Waals surface area (Å²) in [5.41, 5.74) is 5.50. The van der Waals surface area contributed by atoms with Crippen LogP contribution in [-0.4, -0.2) is 39.0 Å². The molecule has 0 radical (unpaired) electrons. The van der Waals surface area contributed by atoms with Gasteiger partial charge in [-0.15, -0.1) is 0 Å². The number of benzene rings is 1. The molecule has 100 valence electrons. The summed E-state index contributed by atoms with van der Waals surface area (Å²) in [5.74, 6) is 0.375. The predicted octanol–water partition coefficient (Wildman–Crippen LogP) is 0.807. The molecule has 0 saturated heterocycles. The molecule has 18 heavy (non-hydrogen) atoms. The molecule has 1 fully saturated rings. The third kappa shape index (κ3) is 2.50. The van der Waals surface area contributed by atoms with Crippen molar-refractivity contribution in [2.75, 3.05) is 20.2 Å². The van der Waals surface area contributed by atoms with Crippen molar-refractivity contribution in [1.29, 1.82) is 0 Å². The van der Waals surface area contributed by atoms with E-state index in [1.165, 1.54) is 11.4 Å². The topological polar surface area (TPSA) is 72.6 Å². The van der Waals surface area contributed by atoms with Crippen molar-refractivity contribution >= 4 is 10.0 Å². The number of hydrogen-bond donors (Lipinski definition) is 1. The molecule has 0 amide bonds. The SMILES string of the molecule is COc1ccccc1S(=O)(=O)N(CCN)C1CC1. The largest absolute Gasteiger partial charge is 0.495 e. The van der Waals surface area contributed by atoms with Crippen molar-refractivity contribution < 1.29 is 13.2 Å². The van der Waals surface area contributed by atoms with Gasteiger partial charge in [0.15, 0.2) is 0 Å². The first-order valence-corrected chi connectivity index (χ1v) is 7.40. The third-order valence-electron chi connectivity index (χ3n) is 2.96. The van der Waals surface area contributed by atoms with Crippen LogP contribution in [0.2, 0.25) is 0 Å². The number of hydrogen-bond acceptors (Lipinski definition) is 4. The molecule has 5 nitrogen and oxygen atoms in total. The van der Waals surface area contributed by atoms with Crippen LogP contribution in [0.25, 0.3) is 0 Å². The first kappa shape index (κ1) is 13.3. The van der Waals surface area contributed by atoms with Crippen LogP contribution >= 0.6 is 0 Å². The molecule has 0 unspecified atom stereocenters. The molecule has 0 heterocycles. The molecule has 2 N–H and O–H groups in total. The van der Waals surface area contributed by atoms with Crippen molar-refractivity contribution in [3.8, 4) is 5.75 Å². The number of sulfonamides is 1. The minimum absolute atomic E-state index is 0.100. The van der Waals surface area contributed by atoms with E-state index in [1.807, 2.05) is 0 Å². The van der Waals surface area contributed by atoms with E-state index < -0.39 is 10.0 Å². The highest BCUT2D eigenvalue weighted by Gasteiger charge is 2.38. The molecular formula is C12H18N2O3S. The maximum Gasteiger partial charge on any atom is 0.247 e. The lowest BCUT2D eigenvalue weighted by Crippen LogP contribution is -2.37. The van der Waals surface area contributed by atoms with Gasteiger partial charge in [0.2, 0.25) is 10.0 Å². The van der Waals surface area contributed by atoms with Gasteiger partial charge in [-0.2, -0.15) is 4.31 Å². The Morgan fingerprint density at radius 3 is 2.61 bits per heavy atom. The molecule has 1 aromatic rings. The Labute approximate surface area is 108 Å². The monoisotopic (exact) mass is 270 g/mol. The fraction of sp³-hybridized carbons (Fsp3) is 0.500. The third-order valence-corrected chi connectivity index (χ3v) is 4.95. The molecule has 1 aliphatic carbocycles. The summed E-state index contributed by atoms with van der Waals surface area (Å²) >= 11 is 0. The second-order valence-corrected chi connectivity index (χ2v) is 6.15. The molecule has 0 bridgehead atoms. The average Bonchev–Trinajstić information content (AvgIpc) is 3.19. The van der Waals surface area contributed by atoms with Crippen LogP contribution in [0.3, 0.4) is 0 Å². The molecule has 0 spiro atoms. The van der Waals surface area contributed by atoms with Crippen molar-refractivity contribution in [3.05, 3.63) is 24.3 Å². The van der Waals surface area contributed by atoms with Gasteiger partial charge in [0.05, 0.1) is 7.11 Å². The van der Waals surface area contributed by atoms with E-state index in [9.17, 15) is 8.42 Å². The van der Waals surface area contributed by atoms with E-state index in [0.29, 0.717) is 18.8 Å². The molecule has 0 aliphatic heterocycles. The normalized spacial score (nSPS) is 15.9. The lowest BCUT2D eigenvalue weighted by Gasteiger charge is -2.22. The highest BCUT2D eigenvalue weighted by molar-refractivity contribution is 7.89. The van der Waals surface area contributed by atoms with Crippen LogP contribution in [0, 0.1) is 0 Å². The van der Waals surface area contributed by atoms with Crippen LogP contribution in [0.15, 0.2) is 29.2 Å². The van der Waals surface area contributed by atoms with E-state index in [-0.39, 0.29) is 10.9 Å². The van der Waals surface area contributed by atoms with Crippen LogP contribution in [-0.2, 0) is 10.0 Å². The minimum atomic E-state index is -3.51. The van der Waals surface area contributed by atoms with Gasteiger partial charge in [-0.05, 0) is 25.0 Å². The molecular weight excluding hydrogens is 252 g/mol. The van der Waals surface area contributed by atoms with Gasteiger partial charge in [-0.1, -0.05) is 12.1 Å². The summed E-state index contributed by atoms with van der Waals surface area (Å²) in [5, 5.41) is 0.